The lowest BCUT2D eigenvalue weighted by Gasteiger charge is -2.30. The lowest BCUT2D eigenvalue weighted by molar-refractivity contribution is 0.393. The molecule has 2 aromatic heterocycles. The summed E-state index contributed by atoms with van der Waals surface area (Å²) in [5.74, 6) is 1.97. The minimum absolute atomic E-state index is 0.0420. The number of anilines is 1. The molecule has 0 unspecified atom stereocenters. The standard InChI is InChI=1S/C30H34N4O3/c1-33-19-25(17-31-33)24-15-29(32-26-11-9-23(10-12-26)22-7-5-4-6-8-22)30(35)34(20-24)18-21-13-27(36-2)16-28(14-21)37-3/h4-8,13-17,19-20,23,26,32H,9-12,18H2,1-3H3. The number of nitrogens with one attached hydrogen (secondary N) is 1. The van der Waals surface area contributed by atoms with Crippen molar-refractivity contribution in [1.82, 2.24) is 14.3 Å². The topological polar surface area (TPSA) is 70.3 Å². The summed E-state index contributed by atoms with van der Waals surface area (Å²) >= 11 is 0. The summed E-state index contributed by atoms with van der Waals surface area (Å²) in [6.07, 6.45) is 9.99. The quantitative estimate of drug-likeness (QED) is 0.350. The Morgan fingerprint density at radius 2 is 1.62 bits per heavy atom. The highest BCUT2D eigenvalue weighted by atomic mass is 16.5. The van der Waals surface area contributed by atoms with Crippen molar-refractivity contribution in [1.29, 1.82) is 0 Å². The highest BCUT2D eigenvalue weighted by Gasteiger charge is 2.23. The Labute approximate surface area is 217 Å². The van der Waals surface area contributed by atoms with E-state index in [0.29, 0.717) is 29.6 Å². The Morgan fingerprint density at radius 3 is 2.24 bits per heavy atom. The Morgan fingerprint density at radius 1 is 0.919 bits per heavy atom. The van der Waals surface area contributed by atoms with Gasteiger partial charge >= 0.3 is 0 Å². The van der Waals surface area contributed by atoms with E-state index in [1.54, 1.807) is 23.5 Å². The molecule has 5 rings (SSSR count). The zero-order chi connectivity index (χ0) is 25.8. The number of pyridine rings is 1. The molecule has 1 saturated carbocycles. The van der Waals surface area contributed by atoms with Gasteiger partial charge in [-0.25, -0.2) is 0 Å². The maximum Gasteiger partial charge on any atom is 0.274 e. The van der Waals surface area contributed by atoms with E-state index >= 15 is 0 Å². The monoisotopic (exact) mass is 498 g/mol. The number of benzene rings is 2. The minimum atomic E-state index is -0.0420. The van der Waals surface area contributed by atoms with Crippen molar-refractivity contribution >= 4 is 5.69 Å². The molecule has 1 N–H and O–H groups in total. The van der Waals surface area contributed by atoms with Crippen molar-refractivity contribution in [3.05, 3.63) is 94.7 Å². The van der Waals surface area contributed by atoms with Crippen molar-refractivity contribution < 1.29 is 9.47 Å². The third-order valence-corrected chi connectivity index (χ3v) is 7.25. The number of methoxy groups -OCH3 is 2. The molecule has 0 bridgehead atoms. The molecule has 0 amide bonds. The third kappa shape index (κ3) is 5.71. The zero-order valence-corrected chi connectivity index (χ0v) is 21.7. The van der Waals surface area contributed by atoms with Gasteiger partial charge in [-0.1, -0.05) is 30.3 Å². The molecule has 7 nitrogen and oxygen atoms in total. The minimum Gasteiger partial charge on any atom is -0.497 e. The van der Waals surface area contributed by atoms with Crippen LogP contribution in [0.25, 0.3) is 11.1 Å². The second-order valence-electron chi connectivity index (χ2n) is 9.80. The number of hydrogen-bond donors (Lipinski definition) is 1. The highest BCUT2D eigenvalue weighted by molar-refractivity contribution is 5.66. The Balaban J connectivity index is 1.42. The van der Waals surface area contributed by atoms with Gasteiger partial charge in [-0.2, -0.15) is 5.10 Å². The van der Waals surface area contributed by atoms with Crippen LogP contribution in [0.3, 0.4) is 0 Å². The molecule has 1 aliphatic carbocycles. The molecule has 4 aromatic rings. The van der Waals surface area contributed by atoms with Crippen LogP contribution in [0.5, 0.6) is 11.5 Å². The fourth-order valence-corrected chi connectivity index (χ4v) is 5.26. The molecule has 0 radical (unpaired) electrons. The number of ether oxygens (including phenoxy) is 2. The van der Waals surface area contributed by atoms with E-state index in [2.05, 4.69) is 40.7 Å². The second kappa shape index (κ2) is 10.9. The van der Waals surface area contributed by atoms with Crippen LogP contribution in [0.1, 0.15) is 42.7 Å². The lowest BCUT2D eigenvalue weighted by Crippen LogP contribution is -2.31. The highest BCUT2D eigenvalue weighted by Crippen LogP contribution is 2.34. The van der Waals surface area contributed by atoms with Gasteiger partial charge in [-0.3, -0.25) is 9.48 Å². The van der Waals surface area contributed by atoms with Gasteiger partial charge in [0.05, 0.1) is 27.0 Å². The predicted octanol–water partition coefficient (Wildman–Crippen LogP) is 5.45. The number of aryl methyl sites for hydroxylation is 1. The smallest absolute Gasteiger partial charge is 0.274 e. The van der Waals surface area contributed by atoms with E-state index in [1.807, 2.05) is 49.9 Å². The van der Waals surface area contributed by atoms with Crippen molar-refractivity contribution in [2.75, 3.05) is 19.5 Å². The summed E-state index contributed by atoms with van der Waals surface area (Å²) in [6.45, 7) is 0.399. The van der Waals surface area contributed by atoms with Crippen LogP contribution in [-0.2, 0) is 13.6 Å². The predicted molar refractivity (Wildman–Crippen MR) is 147 cm³/mol. The van der Waals surface area contributed by atoms with Gasteiger partial charge < -0.3 is 19.4 Å². The summed E-state index contributed by atoms with van der Waals surface area (Å²) in [6, 6.07) is 18.7. The molecule has 37 heavy (non-hydrogen) atoms. The van der Waals surface area contributed by atoms with Crippen molar-refractivity contribution in [2.24, 2.45) is 7.05 Å². The van der Waals surface area contributed by atoms with E-state index in [1.165, 1.54) is 5.56 Å². The number of nitrogens with zero attached hydrogens (tertiary/aromatic N) is 3. The van der Waals surface area contributed by atoms with Crippen molar-refractivity contribution in [3.8, 4) is 22.6 Å². The summed E-state index contributed by atoms with van der Waals surface area (Å²) < 4.78 is 14.4. The zero-order valence-electron chi connectivity index (χ0n) is 21.7. The normalized spacial score (nSPS) is 17.4. The largest absolute Gasteiger partial charge is 0.497 e. The third-order valence-electron chi connectivity index (χ3n) is 7.25. The van der Waals surface area contributed by atoms with Crippen LogP contribution in [0.2, 0.25) is 0 Å². The number of rotatable bonds is 8. The fraction of sp³-hybridized carbons (Fsp3) is 0.333. The molecular weight excluding hydrogens is 464 g/mol. The van der Waals surface area contributed by atoms with Crippen molar-refractivity contribution in [2.45, 2.75) is 44.2 Å². The second-order valence-corrected chi connectivity index (χ2v) is 9.80. The Hall–Kier alpha value is -4.00. The maximum atomic E-state index is 13.6. The molecule has 0 spiro atoms. The average molecular weight is 499 g/mol. The summed E-state index contributed by atoms with van der Waals surface area (Å²) in [5.41, 5.74) is 4.84. The van der Waals surface area contributed by atoms with E-state index in [9.17, 15) is 4.79 Å². The van der Waals surface area contributed by atoms with Crippen LogP contribution < -0.4 is 20.3 Å². The van der Waals surface area contributed by atoms with Gasteiger partial charge in [0.25, 0.3) is 5.56 Å². The first kappa shape index (κ1) is 24.7. The molecule has 0 saturated heterocycles. The van der Waals surface area contributed by atoms with Crippen LogP contribution in [0.4, 0.5) is 5.69 Å². The number of hydrogen-bond acceptors (Lipinski definition) is 5. The maximum absolute atomic E-state index is 13.6. The first-order valence-corrected chi connectivity index (χ1v) is 12.8. The summed E-state index contributed by atoms with van der Waals surface area (Å²) in [4.78, 5) is 13.6. The molecule has 7 heteroatoms. The van der Waals surface area contributed by atoms with Crippen LogP contribution in [-0.4, -0.2) is 34.6 Å². The average Bonchev–Trinajstić information content (AvgIpc) is 3.37. The molecule has 0 atom stereocenters. The number of aromatic nitrogens is 3. The van der Waals surface area contributed by atoms with E-state index in [4.69, 9.17) is 9.47 Å². The van der Waals surface area contributed by atoms with E-state index in [0.717, 1.165) is 42.4 Å². The summed E-state index contributed by atoms with van der Waals surface area (Å²) in [5, 5.41) is 7.93. The van der Waals surface area contributed by atoms with Gasteiger partial charge in [0.2, 0.25) is 0 Å². The first-order chi connectivity index (χ1) is 18.0. The Bertz CT molecular complexity index is 1380. The van der Waals surface area contributed by atoms with E-state index in [-0.39, 0.29) is 11.6 Å². The molecular formula is C30H34N4O3. The van der Waals surface area contributed by atoms with Crippen LogP contribution in [0.15, 0.2) is 78.0 Å². The lowest BCUT2D eigenvalue weighted by atomic mass is 9.82. The van der Waals surface area contributed by atoms with Gasteiger partial charge in [-0.15, -0.1) is 0 Å². The molecule has 192 valence electrons. The molecule has 0 aliphatic heterocycles. The van der Waals surface area contributed by atoms with Crippen LogP contribution >= 0.6 is 0 Å². The SMILES string of the molecule is COc1cc(Cn2cc(-c3cnn(C)c3)cc(NC3CCC(c4ccccc4)CC3)c2=O)cc(OC)c1. The fourth-order valence-electron chi connectivity index (χ4n) is 5.26. The van der Waals surface area contributed by atoms with E-state index < -0.39 is 0 Å². The van der Waals surface area contributed by atoms with Crippen LogP contribution in [0, 0.1) is 0 Å². The Kier molecular flexibility index (Phi) is 7.30. The summed E-state index contributed by atoms with van der Waals surface area (Å²) in [7, 11) is 5.15. The van der Waals surface area contributed by atoms with Gasteiger partial charge in [-0.05, 0) is 60.9 Å². The molecule has 1 fully saturated rings. The first-order valence-electron chi connectivity index (χ1n) is 12.8. The molecule has 1 aliphatic rings. The van der Waals surface area contributed by atoms with Crippen molar-refractivity contribution in [3.63, 3.8) is 0 Å². The van der Waals surface area contributed by atoms with Gasteiger partial charge in [0.15, 0.2) is 0 Å². The molecule has 2 aromatic carbocycles. The van der Waals surface area contributed by atoms with Gasteiger partial charge in [0.1, 0.15) is 17.2 Å². The van der Waals surface area contributed by atoms with Gasteiger partial charge in [0, 0.05) is 42.7 Å². The molecule has 2 heterocycles.